The molecule has 0 bridgehead atoms. The summed E-state index contributed by atoms with van der Waals surface area (Å²) in [7, 11) is 0. The van der Waals surface area contributed by atoms with Gasteiger partial charge in [0, 0.05) is 5.56 Å². The van der Waals surface area contributed by atoms with Crippen LogP contribution in [0.3, 0.4) is 0 Å². The van der Waals surface area contributed by atoms with Gasteiger partial charge in [-0.25, -0.2) is 0 Å². The van der Waals surface area contributed by atoms with Gasteiger partial charge in [-0.2, -0.15) is 0 Å². The third kappa shape index (κ3) is 2.21. The van der Waals surface area contributed by atoms with Crippen LogP contribution in [0.4, 0.5) is 0 Å². The Morgan fingerprint density at radius 3 is 2.41 bits per heavy atom. The second-order valence-electron chi connectivity index (χ2n) is 4.16. The number of carbonyl (C=O) groups is 1. The fourth-order valence-electron chi connectivity index (χ4n) is 1.80. The Morgan fingerprint density at radius 2 is 1.71 bits per heavy atom. The van der Waals surface area contributed by atoms with Crippen LogP contribution in [0.15, 0.2) is 42.5 Å². The highest BCUT2D eigenvalue weighted by Crippen LogP contribution is 2.22. The average molecular weight is 226 g/mol. The topological polar surface area (TPSA) is 37.3 Å². The zero-order valence-electron chi connectivity index (χ0n) is 9.90. The average Bonchev–Trinajstić information content (AvgIpc) is 2.32. The van der Waals surface area contributed by atoms with E-state index in [0.717, 1.165) is 11.1 Å². The molecule has 86 valence electrons. The zero-order chi connectivity index (χ0) is 12.4. The predicted molar refractivity (Wildman–Crippen MR) is 67.5 cm³/mol. The summed E-state index contributed by atoms with van der Waals surface area (Å²) >= 11 is 0. The van der Waals surface area contributed by atoms with Crippen LogP contribution in [0.1, 0.15) is 27.0 Å². The summed E-state index contributed by atoms with van der Waals surface area (Å²) < 4.78 is 0. The molecular weight excluding hydrogens is 212 g/mol. The lowest BCUT2D eigenvalue weighted by Crippen LogP contribution is -2.04. The molecule has 0 unspecified atom stereocenters. The second kappa shape index (κ2) is 4.42. The van der Waals surface area contributed by atoms with Crippen molar-refractivity contribution in [2.24, 2.45) is 0 Å². The molecule has 0 aliphatic rings. The Hall–Kier alpha value is -2.09. The second-order valence-corrected chi connectivity index (χ2v) is 4.16. The Labute approximate surface area is 101 Å². The number of ketones is 1. The lowest BCUT2D eigenvalue weighted by molar-refractivity contribution is 0.103. The molecule has 0 saturated carbocycles. The molecule has 2 rings (SSSR count). The summed E-state index contributed by atoms with van der Waals surface area (Å²) in [5.41, 5.74) is 2.87. The highest BCUT2D eigenvalue weighted by atomic mass is 16.3. The van der Waals surface area contributed by atoms with E-state index < -0.39 is 0 Å². The van der Waals surface area contributed by atoms with Crippen LogP contribution in [0.2, 0.25) is 0 Å². The summed E-state index contributed by atoms with van der Waals surface area (Å²) in [4.78, 5) is 12.3. The lowest BCUT2D eigenvalue weighted by Gasteiger charge is -2.07. The molecule has 0 atom stereocenters. The van der Waals surface area contributed by atoms with E-state index in [4.69, 9.17) is 0 Å². The van der Waals surface area contributed by atoms with Gasteiger partial charge in [-0.15, -0.1) is 0 Å². The third-order valence-corrected chi connectivity index (χ3v) is 2.79. The number of phenols is 1. The number of hydrogen-bond acceptors (Lipinski definition) is 2. The minimum absolute atomic E-state index is 0.0313. The van der Waals surface area contributed by atoms with Gasteiger partial charge < -0.3 is 5.11 Å². The molecule has 1 N–H and O–H groups in total. The van der Waals surface area contributed by atoms with Gasteiger partial charge in [0.25, 0.3) is 0 Å². The summed E-state index contributed by atoms with van der Waals surface area (Å²) in [5, 5.41) is 9.74. The monoisotopic (exact) mass is 226 g/mol. The maximum Gasteiger partial charge on any atom is 0.197 e. The summed E-state index contributed by atoms with van der Waals surface area (Å²) in [6.45, 7) is 3.79. The van der Waals surface area contributed by atoms with E-state index in [0.29, 0.717) is 11.1 Å². The number of phenolic OH excluding ortho intramolecular Hbond substituents is 1. The highest BCUT2D eigenvalue weighted by molar-refractivity contribution is 6.11. The molecule has 0 aromatic heterocycles. The van der Waals surface area contributed by atoms with Crippen molar-refractivity contribution in [2.45, 2.75) is 13.8 Å². The predicted octanol–water partition coefficient (Wildman–Crippen LogP) is 3.24. The maximum atomic E-state index is 12.3. The first-order chi connectivity index (χ1) is 8.09. The Morgan fingerprint density at radius 1 is 1.00 bits per heavy atom. The van der Waals surface area contributed by atoms with Crippen LogP contribution >= 0.6 is 0 Å². The zero-order valence-corrected chi connectivity index (χ0v) is 9.90. The van der Waals surface area contributed by atoms with Crippen LogP contribution < -0.4 is 0 Å². The van der Waals surface area contributed by atoms with E-state index in [1.54, 1.807) is 24.3 Å². The number of carbonyl (C=O) groups excluding carboxylic acids is 1. The van der Waals surface area contributed by atoms with Crippen molar-refractivity contribution in [3.05, 3.63) is 64.7 Å². The Balaban J connectivity index is 2.51. The largest absolute Gasteiger partial charge is 0.507 e. The molecule has 0 aliphatic carbocycles. The molecule has 2 aromatic carbocycles. The van der Waals surface area contributed by atoms with E-state index in [-0.39, 0.29) is 11.5 Å². The number of aromatic hydroxyl groups is 1. The molecule has 0 heterocycles. The third-order valence-electron chi connectivity index (χ3n) is 2.79. The lowest BCUT2D eigenvalue weighted by atomic mass is 9.97. The van der Waals surface area contributed by atoms with Gasteiger partial charge in [-0.05, 0) is 31.5 Å². The van der Waals surface area contributed by atoms with Crippen molar-refractivity contribution in [3.8, 4) is 5.75 Å². The first-order valence-corrected chi connectivity index (χ1v) is 5.49. The summed E-state index contributed by atoms with van der Waals surface area (Å²) in [5.74, 6) is -0.104. The van der Waals surface area contributed by atoms with Crippen molar-refractivity contribution >= 4 is 5.78 Å². The highest BCUT2D eigenvalue weighted by Gasteiger charge is 2.14. The molecule has 0 spiro atoms. The molecule has 0 saturated heterocycles. The van der Waals surface area contributed by atoms with Gasteiger partial charge in [0.15, 0.2) is 5.78 Å². The van der Waals surface area contributed by atoms with Crippen molar-refractivity contribution in [1.29, 1.82) is 0 Å². The Bertz CT molecular complexity index is 571. The normalized spacial score (nSPS) is 10.2. The minimum atomic E-state index is -0.135. The van der Waals surface area contributed by atoms with Gasteiger partial charge in [0.1, 0.15) is 5.75 Å². The minimum Gasteiger partial charge on any atom is -0.507 e. The van der Waals surface area contributed by atoms with E-state index in [2.05, 4.69) is 0 Å². The van der Waals surface area contributed by atoms with Gasteiger partial charge in [0.05, 0.1) is 5.56 Å². The van der Waals surface area contributed by atoms with E-state index in [1.807, 2.05) is 32.0 Å². The van der Waals surface area contributed by atoms with E-state index in [1.165, 1.54) is 0 Å². The van der Waals surface area contributed by atoms with Crippen LogP contribution in [0.5, 0.6) is 5.75 Å². The molecule has 0 amide bonds. The van der Waals surface area contributed by atoms with Crippen molar-refractivity contribution in [3.63, 3.8) is 0 Å². The standard InChI is InChI=1S/C15H14O2/c1-10-7-8-14(16)13(9-10)15(17)12-6-4-3-5-11(12)2/h3-9,16H,1-2H3. The van der Waals surface area contributed by atoms with Gasteiger partial charge in [-0.1, -0.05) is 35.9 Å². The summed E-state index contributed by atoms with van der Waals surface area (Å²) in [6, 6.07) is 12.4. The SMILES string of the molecule is Cc1ccc(O)c(C(=O)c2ccccc2C)c1. The molecule has 17 heavy (non-hydrogen) atoms. The smallest absolute Gasteiger partial charge is 0.197 e. The van der Waals surface area contributed by atoms with Crippen LogP contribution in [0.25, 0.3) is 0 Å². The van der Waals surface area contributed by atoms with E-state index >= 15 is 0 Å². The molecule has 0 radical (unpaired) electrons. The van der Waals surface area contributed by atoms with Gasteiger partial charge >= 0.3 is 0 Å². The number of rotatable bonds is 2. The van der Waals surface area contributed by atoms with Crippen molar-refractivity contribution in [2.75, 3.05) is 0 Å². The molecule has 0 fully saturated rings. The van der Waals surface area contributed by atoms with E-state index in [9.17, 15) is 9.90 Å². The number of aryl methyl sites for hydroxylation is 2. The molecule has 0 aliphatic heterocycles. The van der Waals surface area contributed by atoms with Crippen molar-refractivity contribution < 1.29 is 9.90 Å². The fourth-order valence-corrected chi connectivity index (χ4v) is 1.80. The van der Waals surface area contributed by atoms with Gasteiger partial charge in [-0.3, -0.25) is 4.79 Å². The van der Waals surface area contributed by atoms with Gasteiger partial charge in [0.2, 0.25) is 0 Å². The number of benzene rings is 2. The van der Waals surface area contributed by atoms with Crippen LogP contribution in [-0.2, 0) is 0 Å². The Kier molecular flexibility index (Phi) is 2.96. The van der Waals surface area contributed by atoms with Crippen LogP contribution in [-0.4, -0.2) is 10.9 Å². The molecule has 2 heteroatoms. The van der Waals surface area contributed by atoms with Crippen molar-refractivity contribution in [1.82, 2.24) is 0 Å². The first kappa shape index (κ1) is 11.4. The maximum absolute atomic E-state index is 12.3. The first-order valence-electron chi connectivity index (χ1n) is 5.49. The number of hydrogen-bond donors (Lipinski definition) is 1. The molecular formula is C15H14O2. The quantitative estimate of drug-likeness (QED) is 0.798. The summed E-state index contributed by atoms with van der Waals surface area (Å²) in [6.07, 6.45) is 0. The van der Waals surface area contributed by atoms with Crippen LogP contribution in [0, 0.1) is 13.8 Å². The molecule has 2 nitrogen and oxygen atoms in total. The molecule has 2 aromatic rings. The fraction of sp³-hybridized carbons (Fsp3) is 0.133.